The molecule has 1 aromatic carbocycles. The number of carbonyl (C=O) groups is 2. The van der Waals surface area contributed by atoms with E-state index in [1.165, 1.54) is 30.5 Å². The molecular formula is C18H17N3O3. The van der Waals surface area contributed by atoms with Crippen LogP contribution in [-0.4, -0.2) is 26.8 Å². The van der Waals surface area contributed by atoms with Crippen molar-refractivity contribution in [3.8, 4) is 5.75 Å². The van der Waals surface area contributed by atoms with Crippen LogP contribution in [0.5, 0.6) is 5.75 Å². The number of aromatic amines is 1. The third-order valence-electron chi connectivity index (χ3n) is 3.65. The minimum absolute atomic E-state index is 0.0164. The van der Waals surface area contributed by atoms with E-state index in [-0.39, 0.29) is 23.4 Å². The highest BCUT2D eigenvalue weighted by Gasteiger charge is 2.14. The fraction of sp³-hybridized carbons (Fsp3) is 0.167. The largest absolute Gasteiger partial charge is 0.508 e. The predicted molar refractivity (Wildman–Crippen MR) is 91.3 cm³/mol. The molecule has 122 valence electrons. The van der Waals surface area contributed by atoms with Crippen LogP contribution in [0.15, 0.2) is 42.6 Å². The number of amides is 1. The summed E-state index contributed by atoms with van der Waals surface area (Å²) in [6.45, 7) is 3.68. The SMILES string of the molecule is CC(C)C(=O)c1cc2cc(NC(=O)c3ccc(O)cc3)cnc2[nH]1. The summed E-state index contributed by atoms with van der Waals surface area (Å²) in [7, 11) is 0. The normalized spacial score (nSPS) is 11.0. The van der Waals surface area contributed by atoms with Crippen molar-refractivity contribution in [1.29, 1.82) is 0 Å². The average molecular weight is 323 g/mol. The monoisotopic (exact) mass is 323 g/mol. The molecule has 0 aliphatic carbocycles. The Morgan fingerprint density at radius 1 is 1.17 bits per heavy atom. The number of nitrogens with zero attached hydrogens (tertiary/aromatic N) is 1. The van der Waals surface area contributed by atoms with Crippen LogP contribution in [0.4, 0.5) is 5.69 Å². The highest BCUT2D eigenvalue weighted by Crippen LogP contribution is 2.20. The van der Waals surface area contributed by atoms with Crippen LogP contribution >= 0.6 is 0 Å². The van der Waals surface area contributed by atoms with Gasteiger partial charge in [0.25, 0.3) is 5.91 Å². The highest BCUT2D eigenvalue weighted by molar-refractivity contribution is 6.05. The number of phenols is 1. The van der Waals surface area contributed by atoms with Gasteiger partial charge in [0.1, 0.15) is 11.4 Å². The average Bonchev–Trinajstić information content (AvgIpc) is 2.97. The Hall–Kier alpha value is -3.15. The molecule has 2 aromatic heterocycles. The van der Waals surface area contributed by atoms with Gasteiger partial charge in [-0.15, -0.1) is 0 Å². The lowest BCUT2D eigenvalue weighted by atomic mass is 10.1. The first-order valence-corrected chi connectivity index (χ1v) is 7.57. The van der Waals surface area contributed by atoms with Crippen molar-refractivity contribution < 1.29 is 14.7 Å². The van der Waals surface area contributed by atoms with E-state index in [4.69, 9.17) is 0 Å². The molecule has 0 fully saturated rings. The number of hydrogen-bond donors (Lipinski definition) is 3. The van der Waals surface area contributed by atoms with Gasteiger partial charge in [-0.25, -0.2) is 4.98 Å². The summed E-state index contributed by atoms with van der Waals surface area (Å²) in [6, 6.07) is 9.46. The van der Waals surface area contributed by atoms with E-state index in [0.29, 0.717) is 22.6 Å². The molecule has 0 aliphatic heterocycles. The molecule has 6 heteroatoms. The van der Waals surface area contributed by atoms with E-state index in [0.717, 1.165) is 5.39 Å². The number of nitrogens with one attached hydrogen (secondary N) is 2. The van der Waals surface area contributed by atoms with Crippen molar-refractivity contribution in [3.63, 3.8) is 0 Å². The number of Topliss-reactive ketones (excluding diaryl/α,β-unsaturated/α-hetero) is 1. The fourth-order valence-corrected chi connectivity index (χ4v) is 2.34. The fourth-order valence-electron chi connectivity index (χ4n) is 2.34. The zero-order chi connectivity index (χ0) is 17.3. The second-order valence-corrected chi connectivity index (χ2v) is 5.86. The summed E-state index contributed by atoms with van der Waals surface area (Å²) < 4.78 is 0. The summed E-state index contributed by atoms with van der Waals surface area (Å²) in [6.07, 6.45) is 1.53. The second-order valence-electron chi connectivity index (χ2n) is 5.86. The molecule has 24 heavy (non-hydrogen) atoms. The third kappa shape index (κ3) is 3.12. The molecule has 3 N–H and O–H groups in total. The topological polar surface area (TPSA) is 95.1 Å². The first kappa shape index (κ1) is 15.7. The number of aromatic nitrogens is 2. The molecule has 0 saturated heterocycles. The zero-order valence-electron chi connectivity index (χ0n) is 13.3. The minimum Gasteiger partial charge on any atom is -0.508 e. The van der Waals surface area contributed by atoms with Crippen LogP contribution in [0, 0.1) is 5.92 Å². The van der Waals surface area contributed by atoms with Crippen LogP contribution in [0.1, 0.15) is 34.7 Å². The number of benzene rings is 1. The number of fused-ring (bicyclic) bond motifs is 1. The Kier molecular flexibility index (Phi) is 4.04. The number of H-pyrrole nitrogens is 1. The van der Waals surface area contributed by atoms with Gasteiger partial charge in [-0.1, -0.05) is 13.8 Å². The Morgan fingerprint density at radius 3 is 2.54 bits per heavy atom. The molecular weight excluding hydrogens is 306 g/mol. The highest BCUT2D eigenvalue weighted by atomic mass is 16.3. The van der Waals surface area contributed by atoms with E-state index < -0.39 is 0 Å². The van der Waals surface area contributed by atoms with Crippen LogP contribution in [0.2, 0.25) is 0 Å². The molecule has 0 saturated carbocycles. The van der Waals surface area contributed by atoms with Crippen LogP contribution in [0.25, 0.3) is 11.0 Å². The van der Waals surface area contributed by atoms with Gasteiger partial charge in [0.2, 0.25) is 0 Å². The molecule has 0 aliphatic rings. The molecule has 0 bridgehead atoms. The molecule has 2 heterocycles. The number of rotatable bonds is 4. The third-order valence-corrected chi connectivity index (χ3v) is 3.65. The summed E-state index contributed by atoms with van der Waals surface area (Å²) in [4.78, 5) is 31.5. The first-order valence-electron chi connectivity index (χ1n) is 7.57. The van der Waals surface area contributed by atoms with Gasteiger partial charge in [-0.2, -0.15) is 0 Å². The number of anilines is 1. The second kappa shape index (κ2) is 6.16. The maximum absolute atomic E-state index is 12.2. The standard InChI is InChI=1S/C18H17N3O3/c1-10(2)16(23)15-8-12-7-13(9-19-17(12)21-15)20-18(24)11-3-5-14(22)6-4-11/h3-10,22H,1-2H3,(H,19,21)(H,20,24). The number of pyridine rings is 1. The van der Waals surface area contributed by atoms with Crippen molar-refractivity contribution in [3.05, 3.63) is 53.9 Å². The molecule has 0 spiro atoms. The number of ketones is 1. The van der Waals surface area contributed by atoms with Crippen molar-refractivity contribution in [1.82, 2.24) is 9.97 Å². The van der Waals surface area contributed by atoms with Crippen molar-refractivity contribution in [2.45, 2.75) is 13.8 Å². The van der Waals surface area contributed by atoms with Crippen molar-refractivity contribution in [2.24, 2.45) is 5.92 Å². The Morgan fingerprint density at radius 2 is 1.88 bits per heavy atom. The van der Waals surface area contributed by atoms with Gasteiger partial charge < -0.3 is 15.4 Å². The molecule has 6 nitrogen and oxygen atoms in total. The van der Waals surface area contributed by atoms with E-state index in [1.807, 2.05) is 13.8 Å². The molecule has 3 rings (SSSR count). The molecule has 0 unspecified atom stereocenters. The minimum atomic E-state index is -0.301. The molecule has 1 amide bonds. The van der Waals surface area contributed by atoms with Gasteiger partial charge in [0.15, 0.2) is 5.78 Å². The number of phenolic OH excluding ortho intramolecular Hbond substituents is 1. The van der Waals surface area contributed by atoms with Gasteiger partial charge in [0.05, 0.1) is 17.6 Å². The quantitative estimate of drug-likeness (QED) is 0.642. The first-order chi connectivity index (χ1) is 11.4. The lowest BCUT2D eigenvalue weighted by molar-refractivity contribution is 0.0934. The van der Waals surface area contributed by atoms with Crippen molar-refractivity contribution in [2.75, 3.05) is 5.32 Å². The number of aromatic hydroxyl groups is 1. The lowest BCUT2D eigenvalue weighted by Crippen LogP contribution is -2.11. The van der Waals surface area contributed by atoms with E-state index in [1.54, 1.807) is 12.1 Å². The molecule has 0 radical (unpaired) electrons. The summed E-state index contributed by atoms with van der Waals surface area (Å²) in [5, 5.41) is 12.8. The Balaban J connectivity index is 1.84. The molecule has 3 aromatic rings. The zero-order valence-corrected chi connectivity index (χ0v) is 13.3. The lowest BCUT2D eigenvalue weighted by Gasteiger charge is -2.05. The predicted octanol–water partition coefficient (Wildman–Crippen LogP) is 3.36. The summed E-state index contributed by atoms with van der Waals surface area (Å²) in [5.41, 5.74) is 2.07. The van der Waals surface area contributed by atoms with Crippen LogP contribution in [0.3, 0.4) is 0 Å². The van der Waals surface area contributed by atoms with Gasteiger partial charge in [-0.3, -0.25) is 9.59 Å². The van der Waals surface area contributed by atoms with Crippen LogP contribution in [-0.2, 0) is 0 Å². The summed E-state index contributed by atoms with van der Waals surface area (Å²) in [5.74, 6) is -0.288. The molecule has 0 atom stereocenters. The Bertz CT molecular complexity index is 911. The number of hydrogen-bond acceptors (Lipinski definition) is 4. The van der Waals surface area contributed by atoms with Gasteiger partial charge >= 0.3 is 0 Å². The smallest absolute Gasteiger partial charge is 0.255 e. The van der Waals surface area contributed by atoms with Gasteiger partial charge in [0, 0.05) is 16.9 Å². The van der Waals surface area contributed by atoms with E-state index in [9.17, 15) is 14.7 Å². The van der Waals surface area contributed by atoms with Gasteiger partial charge in [-0.05, 0) is 36.4 Å². The van der Waals surface area contributed by atoms with E-state index >= 15 is 0 Å². The summed E-state index contributed by atoms with van der Waals surface area (Å²) >= 11 is 0. The maximum atomic E-state index is 12.2. The van der Waals surface area contributed by atoms with Crippen LogP contribution < -0.4 is 5.32 Å². The van der Waals surface area contributed by atoms with E-state index in [2.05, 4.69) is 15.3 Å². The van der Waals surface area contributed by atoms with Crippen molar-refractivity contribution >= 4 is 28.4 Å². The number of carbonyl (C=O) groups excluding carboxylic acids is 2. The maximum Gasteiger partial charge on any atom is 0.255 e. The Labute approximate surface area is 138 Å².